The third kappa shape index (κ3) is 3.43. The molecule has 0 spiro atoms. The van der Waals surface area contributed by atoms with Gasteiger partial charge < -0.3 is 14.8 Å². The van der Waals surface area contributed by atoms with E-state index in [2.05, 4.69) is 12.2 Å². The van der Waals surface area contributed by atoms with E-state index >= 15 is 0 Å². The van der Waals surface area contributed by atoms with E-state index in [1.165, 1.54) is 6.42 Å². The highest BCUT2D eigenvalue weighted by molar-refractivity contribution is 5.77. The van der Waals surface area contributed by atoms with Crippen LogP contribution in [0.15, 0.2) is 24.3 Å². The van der Waals surface area contributed by atoms with Gasteiger partial charge in [0.2, 0.25) is 5.91 Å². The molecule has 1 aromatic carbocycles. The van der Waals surface area contributed by atoms with Gasteiger partial charge in [-0.05, 0) is 43.7 Å². The lowest BCUT2D eigenvalue weighted by molar-refractivity contribution is -0.130. The number of ether oxygens (including phenoxy) is 2. The Hall–Kier alpha value is -1.55. The second-order valence-electron chi connectivity index (χ2n) is 6.26. The summed E-state index contributed by atoms with van der Waals surface area (Å²) < 4.78 is 11.0. The maximum Gasteiger partial charge on any atom is 0.220 e. The zero-order valence-corrected chi connectivity index (χ0v) is 14.0. The summed E-state index contributed by atoms with van der Waals surface area (Å²) in [5, 5.41) is 3.11. The number of hydrogen-bond acceptors (Lipinski definition) is 3. The van der Waals surface area contributed by atoms with E-state index in [0.29, 0.717) is 6.42 Å². The van der Waals surface area contributed by atoms with Gasteiger partial charge in [0.1, 0.15) is 5.75 Å². The van der Waals surface area contributed by atoms with Gasteiger partial charge in [-0.15, -0.1) is 0 Å². The number of hydrogen-bond donors (Lipinski definition) is 1. The molecule has 4 heteroatoms. The van der Waals surface area contributed by atoms with E-state index in [9.17, 15) is 4.79 Å². The number of carbonyl (C=O) groups excluding carboxylic acids is 1. The Labute approximate surface area is 133 Å². The number of para-hydroxylation sites is 1. The number of rotatable bonds is 7. The van der Waals surface area contributed by atoms with E-state index in [1.807, 2.05) is 31.2 Å². The molecule has 1 N–H and O–H groups in total. The quantitative estimate of drug-likeness (QED) is 0.841. The Morgan fingerprint density at radius 1 is 1.27 bits per heavy atom. The predicted octanol–water partition coefficient (Wildman–Crippen LogP) is 3.26. The highest BCUT2D eigenvalue weighted by atomic mass is 16.5. The van der Waals surface area contributed by atoms with Crippen LogP contribution in [0.3, 0.4) is 0 Å². The average Bonchev–Trinajstić information content (AvgIpc) is 2.46. The van der Waals surface area contributed by atoms with E-state index in [4.69, 9.17) is 9.47 Å². The summed E-state index contributed by atoms with van der Waals surface area (Å²) >= 11 is 0. The molecule has 1 aliphatic carbocycles. The van der Waals surface area contributed by atoms with Crippen LogP contribution in [0.2, 0.25) is 0 Å². The second kappa shape index (κ2) is 7.14. The molecule has 1 fully saturated rings. The minimum absolute atomic E-state index is 0.0450. The van der Waals surface area contributed by atoms with Crippen LogP contribution < -0.4 is 10.1 Å². The van der Waals surface area contributed by atoms with Crippen molar-refractivity contribution in [2.75, 3.05) is 14.2 Å². The second-order valence-corrected chi connectivity index (χ2v) is 6.26. The molecule has 0 aliphatic heterocycles. The molecule has 22 heavy (non-hydrogen) atoms. The van der Waals surface area contributed by atoms with Gasteiger partial charge in [0.15, 0.2) is 0 Å². The van der Waals surface area contributed by atoms with Crippen LogP contribution in [-0.4, -0.2) is 31.8 Å². The maximum absolute atomic E-state index is 12.3. The highest BCUT2D eigenvalue weighted by Gasteiger charge is 2.42. The van der Waals surface area contributed by atoms with Gasteiger partial charge in [-0.3, -0.25) is 4.79 Å². The largest absolute Gasteiger partial charge is 0.496 e. The van der Waals surface area contributed by atoms with Crippen LogP contribution in [0.1, 0.15) is 51.0 Å². The third-order valence-electron chi connectivity index (χ3n) is 4.93. The molecule has 1 aromatic rings. The fourth-order valence-corrected chi connectivity index (χ4v) is 3.23. The van der Waals surface area contributed by atoms with E-state index in [1.54, 1.807) is 14.2 Å². The van der Waals surface area contributed by atoms with Crippen LogP contribution in [0, 0.1) is 0 Å². The van der Waals surface area contributed by atoms with Crippen molar-refractivity contribution >= 4 is 5.91 Å². The minimum Gasteiger partial charge on any atom is -0.496 e. The van der Waals surface area contributed by atoms with Gasteiger partial charge in [-0.2, -0.15) is 0 Å². The Kier molecular flexibility index (Phi) is 5.46. The summed E-state index contributed by atoms with van der Waals surface area (Å²) in [6.07, 6.45) is 3.66. The van der Waals surface area contributed by atoms with Crippen LogP contribution in [0.4, 0.5) is 0 Å². The van der Waals surface area contributed by atoms with Crippen molar-refractivity contribution < 1.29 is 14.3 Å². The van der Waals surface area contributed by atoms with Crippen molar-refractivity contribution in [2.45, 2.75) is 57.1 Å². The molecule has 2 atom stereocenters. The summed E-state index contributed by atoms with van der Waals surface area (Å²) in [4.78, 5) is 12.3. The maximum atomic E-state index is 12.3. The molecule has 4 nitrogen and oxygen atoms in total. The molecule has 0 heterocycles. The molecule has 1 aliphatic rings. The topological polar surface area (TPSA) is 47.6 Å². The Balaban J connectivity index is 1.94. The number of amides is 1. The lowest BCUT2D eigenvalue weighted by atomic mass is 9.75. The lowest BCUT2D eigenvalue weighted by Crippen LogP contribution is -2.56. The first-order valence-electron chi connectivity index (χ1n) is 8.00. The van der Waals surface area contributed by atoms with Crippen LogP contribution in [0.25, 0.3) is 0 Å². The Bertz CT molecular complexity index is 505. The molecule has 0 saturated heterocycles. The average molecular weight is 305 g/mol. The van der Waals surface area contributed by atoms with Crippen LogP contribution >= 0.6 is 0 Å². The molecule has 0 radical (unpaired) electrons. The summed E-state index contributed by atoms with van der Waals surface area (Å²) in [6.45, 7) is 4.09. The summed E-state index contributed by atoms with van der Waals surface area (Å²) in [5.41, 5.74) is 0.904. The van der Waals surface area contributed by atoms with Crippen molar-refractivity contribution in [1.29, 1.82) is 0 Å². The van der Waals surface area contributed by atoms with Gasteiger partial charge in [-0.1, -0.05) is 25.1 Å². The van der Waals surface area contributed by atoms with Crippen molar-refractivity contribution in [1.82, 2.24) is 5.32 Å². The zero-order valence-electron chi connectivity index (χ0n) is 14.0. The Morgan fingerprint density at radius 3 is 2.50 bits per heavy atom. The standard InChI is InChI=1S/C18H27NO3/c1-13(15-8-5-6-9-16(15)21-3)12-17(20)19-14(2)18(22-4)10-7-11-18/h5-6,8-9,13-14H,7,10-12H2,1-4H3,(H,19,20). The number of benzene rings is 1. The van der Waals surface area contributed by atoms with Crippen molar-refractivity contribution in [3.05, 3.63) is 29.8 Å². The third-order valence-corrected chi connectivity index (χ3v) is 4.93. The highest BCUT2D eigenvalue weighted by Crippen LogP contribution is 2.38. The fraction of sp³-hybridized carbons (Fsp3) is 0.611. The van der Waals surface area contributed by atoms with Crippen molar-refractivity contribution in [3.8, 4) is 5.75 Å². The van der Waals surface area contributed by atoms with Gasteiger partial charge in [0, 0.05) is 13.5 Å². The monoisotopic (exact) mass is 305 g/mol. The first-order chi connectivity index (χ1) is 10.5. The number of methoxy groups -OCH3 is 2. The Morgan fingerprint density at radius 2 is 1.95 bits per heavy atom. The molecule has 1 saturated carbocycles. The van der Waals surface area contributed by atoms with Crippen molar-refractivity contribution in [3.63, 3.8) is 0 Å². The number of nitrogens with one attached hydrogen (secondary N) is 1. The van der Waals surface area contributed by atoms with Gasteiger partial charge >= 0.3 is 0 Å². The molecular weight excluding hydrogens is 278 g/mol. The molecule has 2 unspecified atom stereocenters. The summed E-state index contributed by atoms with van der Waals surface area (Å²) in [7, 11) is 3.39. The van der Waals surface area contributed by atoms with E-state index < -0.39 is 0 Å². The predicted molar refractivity (Wildman–Crippen MR) is 87.2 cm³/mol. The van der Waals surface area contributed by atoms with Crippen LogP contribution in [0.5, 0.6) is 5.75 Å². The van der Waals surface area contributed by atoms with Gasteiger partial charge in [0.05, 0.1) is 18.8 Å². The van der Waals surface area contributed by atoms with Gasteiger partial charge in [-0.25, -0.2) is 0 Å². The number of carbonyl (C=O) groups is 1. The molecule has 0 bridgehead atoms. The molecule has 1 amide bonds. The van der Waals surface area contributed by atoms with E-state index in [-0.39, 0.29) is 23.5 Å². The zero-order chi connectivity index (χ0) is 16.2. The first-order valence-corrected chi connectivity index (χ1v) is 8.00. The van der Waals surface area contributed by atoms with Crippen molar-refractivity contribution in [2.24, 2.45) is 0 Å². The smallest absolute Gasteiger partial charge is 0.220 e. The molecule has 0 aromatic heterocycles. The first kappa shape index (κ1) is 16.8. The lowest BCUT2D eigenvalue weighted by Gasteiger charge is -2.45. The summed E-state index contributed by atoms with van der Waals surface area (Å²) in [5.74, 6) is 1.01. The fourth-order valence-electron chi connectivity index (χ4n) is 3.23. The minimum atomic E-state index is -0.163. The molecule has 122 valence electrons. The normalized spacial score (nSPS) is 18.9. The molecule has 2 rings (SSSR count). The van der Waals surface area contributed by atoms with Gasteiger partial charge in [0.25, 0.3) is 0 Å². The summed E-state index contributed by atoms with van der Waals surface area (Å²) in [6, 6.07) is 7.91. The van der Waals surface area contributed by atoms with Crippen LogP contribution in [-0.2, 0) is 9.53 Å². The molecular formula is C18H27NO3. The SMILES string of the molecule is COc1ccccc1C(C)CC(=O)NC(C)C1(OC)CCC1. The van der Waals surface area contributed by atoms with E-state index in [0.717, 1.165) is 24.2 Å².